The largest absolute Gasteiger partial charge is 0.481 e. The third-order valence-electron chi connectivity index (χ3n) is 5.26. The van der Waals surface area contributed by atoms with Gasteiger partial charge in [-0.2, -0.15) is 0 Å². The van der Waals surface area contributed by atoms with Gasteiger partial charge in [0.25, 0.3) is 0 Å². The summed E-state index contributed by atoms with van der Waals surface area (Å²) in [6.45, 7) is 5.17. The Morgan fingerprint density at radius 2 is 1.71 bits per heavy atom. The predicted octanol–water partition coefficient (Wildman–Crippen LogP) is 4.20. The van der Waals surface area contributed by atoms with Crippen LogP contribution >= 0.6 is 12.4 Å². The van der Waals surface area contributed by atoms with Crippen molar-refractivity contribution in [2.24, 2.45) is 5.92 Å². The molecule has 0 aromatic heterocycles. The molecular weight excluding hydrogens is 376 g/mol. The summed E-state index contributed by atoms with van der Waals surface area (Å²) in [6, 6.07) is 15.3. The van der Waals surface area contributed by atoms with Crippen molar-refractivity contribution in [2.45, 2.75) is 32.7 Å². The first-order chi connectivity index (χ1) is 13.0. The molecule has 2 aromatic carbocycles. The molecule has 1 atom stereocenters. The fraction of sp³-hybridized carbons (Fsp3) is 0.364. The number of piperidine rings is 1. The molecular formula is C22H27ClN2O3. The molecule has 5 nitrogen and oxygen atoms in total. The normalized spacial score (nSPS) is 16.1. The number of nitrogens with zero attached hydrogens (tertiary/aromatic N) is 1. The number of carboxylic acids is 1. The third kappa shape index (κ3) is 5.12. The van der Waals surface area contributed by atoms with Gasteiger partial charge in [-0.3, -0.25) is 14.5 Å². The first kappa shape index (κ1) is 21.9. The highest BCUT2D eigenvalue weighted by atomic mass is 35.5. The fourth-order valence-corrected chi connectivity index (χ4v) is 3.64. The zero-order valence-corrected chi connectivity index (χ0v) is 17.0. The molecule has 2 aromatic rings. The van der Waals surface area contributed by atoms with Crippen LogP contribution in [0.4, 0.5) is 5.69 Å². The Hall–Kier alpha value is -2.37. The average molecular weight is 403 g/mol. The van der Waals surface area contributed by atoms with Gasteiger partial charge in [0.05, 0.1) is 5.92 Å². The number of hydrogen-bond donors (Lipinski definition) is 2. The van der Waals surface area contributed by atoms with Crippen molar-refractivity contribution in [3.05, 3.63) is 65.2 Å². The smallest absolute Gasteiger partial charge is 0.306 e. The highest BCUT2D eigenvalue weighted by Gasteiger charge is 2.33. The number of hydrogen-bond acceptors (Lipinski definition) is 3. The van der Waals surface area contributed by atoms with E-state index in [1.807, 2.05) is 62.4 Å². The zero-order chi connectivity index (χ0) is 19.4. The number of aryl methyl sites for hydroxylation is 2. The maximum Gasteiger partial charge on any atom is 0.306 e. The number of rotatable bonds is 5. The van der Waals surface area contributed by atoms with E-state index in [4.69, 9.17) is 0 Å². The second kappa shape index (κ2) is 9.71. The molecule has 2 N–H and O–H groups in total. The zero-order valence-electron chi connectivity index (χ0n) is 16.2. The van der Waals surface area contributed by atoms with Crippen LogP contribution in [-0.2, 0) is 9.59 Å². The molecule has 0 aliphatic carbocycles. The van der Waals surface area contributed by atoms with Crippen molar-refractivity contribution in [3.8, 4) is 0 Å². The van der Waals surface area contributed by atoms with Crippen LogP contribution in [0.15, 0.2) is 48.5 Å². The third-order valence-corrected chi connectivity index (χ3v) is 5.26. The van der Waals surface area contributed by atoms with Crippen LogP contribution < -0.4 is 5.32 Å². The summed E-state index contributed by atoms with van der Waals surface area (Å²) in [5.74, 6) is -1.14. The molecule has 28 heavy (non-hydrogen) atoms. The summed E-state index contributed by atoms with van der Waals surface area (Å²) >= 11 is 0. The lowest BCUT2D eigenvalue weighted by molar-refractivity contribution is -0.143. The standard InChI is InChI=1S/C22H26N2O3.ClH/c1-15-8-9-16(2)19(14-15)23-21(25)20(17-6-4-3-5-7-17)24-12-10-18(11-13-24)22(26)27;/h3-9,14,18,20H,10-13H2,1-2H3,(H,23,25)(H,26,27);1H. The van der Waals surface area contributed by atoms with Crippen LogP contribution in [0.3, 0.4) is 0 Å². The van der Waals surface area contributed by atoms with Crippen LogP contribution in [0.2, 0.25) is 0 Å². The van der Waals surface area contributed by atoms with Crippen LogP contribution in [0.5, 0.6) is 0 Å². The molecule has 0 radical (unpaired) electrons. The Kier molecular flexibility index (Phi) is 7.61. The summed E-state index contributed by atoms with van der Waals surface area (Å²) in [5, 5.41) is 12.3. The minimum Gasteiger partial charge on any atom is -0.481 e. The molecule has 6 heteroatoms. The van der Waals surface area contributed by atoms with Gasteiger partial charge in [0.15, 0.2) is 0 Å². The van der Waals surface area contributed by atoms with E-state index in [9.17, 15) is 14.7 Å². The summed E-state index contributed by atoms with van der Waals surface area (Å²) in [6.07, 6.45) is 1.13. The van der Waals surface area contributed by atoms with Crippen molar-refractivity contribution >= 4 is 30.0 Å². The van der Waals surface area contributed by atoms with E-state index in [0.717, 1.165) is 22.4 Å². The number of carboxylic acid groups (broad SMARTS) is 1. The summed E-state index contributed by atoms with van der Waals surface area (Å²) in [4.78, 5) is 26.6. The van der Waals surface area contributed by atoms with Gasteiger partial charge in [0.2, 0.25) is 5.91 Å². The molecule has 0 spiro atoms. The average Bonchev–Trinajstić information content (AvgIpc) is 2.66. The van der Waals surface area contributed by atoms with E-state index in [0.29, 0.717) is 25.9 Å². The van der Waals surface area contributed by atoms with Gasteiger partial charge in [0, 0.05) is 18.8 Å². The monoisotopic (exact) mass is 402 g/mol. The molecule has 3 rings (SSSR count). The summed E-state index contributed by atoms with van der Waals surface area (Å²) in [5.41, 5.74) is 3.86. The molecule has 1 amide bonds. The predicted molar refractivity (Wildman–Crippen MR) is 113 cm³/mol. The first-order valence-electron chi connectivity index (χ1n) is 9.35. The van der Waals surface area contributed by atoms with Gasteiger partial charge in [0.1, 0.15) is 6.04 Å². The number of aliphatic carboxylic acids is 1. The minimum atomic E-state index is -0.745. The van der Waals surface area contributed by atoms with E-state index in [1.54, 1.807) is 0 Å². The number of anilines is 1. The van der Waals surface area contributed by atoms with Gasteiger partial charge >= 0.3 is 5.97 Å². The first-order valence-corrected chi connectivity index (χ1v) is 9.35. The minimum absolute atomic E-state index is 0. The van der Waals surface area contributed by atoms with E-state index in [2.05, 4.69) is 10.2 Å². The molecule has 1 unspecified atom stereocenters. The molecule has 0 bridgehead atoms. The van der Waals surface area contributed by atoms with Crippen molar-refractivity contribution in [2.75, 3.05) is 18.4 Å². The Morgan fingerprint density at radius 3 is 2.32 bits per heavy atom. The number of benzene rings is 2. The molecule has 1 heterocycles. The van der Waals surface area contributed by atoms with Crippen LogP contribution in [0.1, 0.15) is 35.6 Å². The Labute approximate surface area is 172 Å². The second-order valence-corrected chi connectivity index (χ2v) is 7.27. The second-order valence-electron chi connectivity index (χ2n) is 7.27. The number of nitrogens with one attached hydrogen (secondary N) is 1. The number of halogens is 1. The number of amides is 1. The molecule has 1 saturated heterocycles. The van der Waals surface area contributed by atoms with Crippen molar-refractivity contribution in [1.29, 1.82) is 0 Å². The lowest BCUT2D eigenvalue weighted by Gasteiger charge is -2.36. The number of carbonyl (C=O) groups excluding carboxylic acids is 1. The van der Waals surface area contributed by atoms with Crippen molar-refractivity contribution in [1.82, 2.24) is 4.90 Å². The van der Waals surface area contributed by atoms with E-state index in [1.165, 1.54) is 0 Å². The van der Waals surface area contributed by atoms with Crippen LogP contribution in [-0.4, -0.2) is 35.0 Å². The molecule has 1 aliphatic heterocycles. The highest BCUT2D eigenvalue weighted by Crippen LogP contribution is 2.29. The van der Waals surface area contributed by atoms with E-state index in [-0.39, 0.29) is 24.2 Å². The van der Waals surface area contributed by atoms with Crippen molar-refractivity contribution < 1.29 is 14.7 Å². The van der Waals surface area contributed by atoms with Crippen LogP contribution in [0.25, 0.3) is 0 Å². The van der Waals surface area contributed by atoms with E-state index < -0.39 is 12.0 Å². The van der Waals surface area contributed by atoms with Crippen molar-refractivity contribution in [3.63, 3.8) is 0 Å². The number of carbonyl (C=O) groups is 2. The Morgan fingerprint density at radius 1 is 1.07 bits per heavy atom. The fourth-order valence-electron chi connectivity index (χ4n) is 3.64. The van der Waals surface area contributed by atoms with E-state index >= 15 is 0 Å². The van der Waals surface area contributed by atoms with Gasteiger partial charge in [-0.15, -0.1) is 12.4 Å². The lowest BCUT2D eigenvalue weighted by atomic mass is 9.94. The quantitative estimate of drug-likeness (QED) is 0.786. The van der Waals surface area contributed by atoms with Gasteiger partial charge in [-0.1, -0.05) is 42.5 Å². The topological polar surface area (TPSA) is 69.6 Å². The maximum atomic E-state index is 13.2. The SMILES string of the molecule is Cc1ccc(C)c(NC(=O)C(c2ccccc2)N2CCC(C(=O)O)CC2)c1.Cl. The van der Waals surface area contributed by atoms with Gasteiger partial charge < -0.3 is 10.4 Å². The lowest BCUT2D eigenvalue weighted by Crippen LogP contribution is -2.43. The van der Waals surface area contributed by atoms with Gasteiger partial charge in [-0.05, 0) is 49.4 Å². The summed E-state index contributed by atoms with van der Waals surface area (Å²) in [7, 11) is 0. The highest BCUT2D eigenvalue weighted by molar-refractivity contribution is 5.96. The summed E-state index contributed by atoms with van der Waals surface area (Å²) < 4.78 is 0. The number of likely N-dealkylation sites (tertiary alicyclic amines) is 1. The maximum absolute atomic E-state index is 13.2. The Bertz CT molecular complexity index is 818. The Balaban J connectivity index is 0.00000280. The molecule has 150 valence electrons. The van der Waals surface area contributed by atoms with Crippen LogP contribution in [0, 0.1) is 19.8 Å². The molecule has 0 saturated carbocycles. The van der Waals surface area contributed by atoms with Gasteiger partial charge in [-0.25, -0.2) is 0 Å². The molecule has 1 fully saturated rings. The molecule has 1 aliphatic rings.